The minimum Gasteiger partial charge on any atom is -0.506 e. The number of aromatic hydroxyl groups is 15. The summed E-state index contributed by atoms with van der Waals surface area (Å²) in [5, 5.41) is 159. The SMILES string of the molecule is O=C1C(OS(=O)(=O)c2c(OS(=O)(=O)c3cc(OS(=O)(=O)c4cc(O)c(S(=O)(=O)O)c(O)c4O)c(OS(=O)(=O)c4c(O)c(O)c(S(=O)(=O)O)c(O)c4O)c(S(=O)(=O)O)c3O)ccc(OS(=O)(=O)c3c(O)c(O)c(O)c(S(=O)(=O)O)c3O)c2OS(=O)(=O)c2cc(O)c(S(=O)(=O)O)c(O)c2O)=C(S(=O)(=O)O)C(=O)c2ccccc21. The van der Waals surface area contributed by atoms with Crippen molar-refractivity contribution in [2.24, 2.45) is 0 Å². The average Bonchev–Trinajstić information content (AvgIpc) is 0.733. The fraction of sp³-hybridized carbons (Fsp3) is 0. The van der Waals surface area contributed by atoms with Crippen molar-refractivity contribution in [1.82, 2.24) is 0 Å². The Morgan fingerprint density at radius 3 is 0.955 bits per heavy atom. The van der Waals surface area contributed by atoms with Crippen molar-refractivity contribution >= 4 is 133 Å². The number of ketones is 2. The fourth-order valence-corrected chi connectivity index (χ4v) is 20.2. The predicted octanol–water partition coefficient (Wildman–Crippen LogP) is -2.77. The van der Waals surface area contributed by atoms with Gasteiger partial charge in [-0.1, -0.05) is 24.3 Å². The van der Waals surface area contributed by atoms with Gasteiger partial charge < -0.3 is 102 Å². The van der Waals surface area contributed by atoms with Gasteiger partial charge in [0.1, 0.15) is 11.5 Å². The Labute approximate surface area is 613 Å². The van der Waals surface area contributed by atoms with Crippen molar-refractivity contribution in [3.05, 3.63) is 76.4 Å². The molecule has 1 aliphatic carbocycles. The zero-order valence-corrected chi connectivity index (χ0v) is 60.8. The average molecular weight is 1820 g/mol. The van der Waals surface area contributed by atoms with Crippen molar-refractivity contribution in [2.45, 2.75) is 53.9 Å². The van der Waals surface area contributed by atoms with Gasteiger partial charge in [-0.05, 0) is 12.1 Å². The maximum atomic E-state index is 15.3. The summed E-state index contributed by atoms with van der Waals surface area (Å²) in [5.41, 5.74) is -2.39. The lowest BCUT2D eigenvalue weighted by molar-refractivity contribution is 0.0943. The fourth-order valence-electron chi connectivity index (χ4n) is 9.08. The van der Waals surface area contributed by atoms with Crippen LogP contribution in [0.15, 0.2) is 119 Å². The van der Waals surface area contributed by atoms with E-state index in [0.29, 0.717) is 12.1 Å². The van der Waals surface area contributed by atoms with Gasteiger partial charge in [0.15, 0.2) is 145 Å². The first-order chi connectivity index (χ1) is 49.9. The lowest BCUT2D eigenvalue weighted by Crippen LogP contribution is -2.29. The highest BCUT2D eigenvalue weighted by Crippen LogP contribution is 2.57. The molecule has 604 valence electrons. The van der Waals surface area contributed by atoms with Gasteiger partial charge in [0.05, 0.1) is 0 Å². The van der Waals surface area contributed by atoms with Crippen LogP contribution in [0.25, 0.3) is 0 Å². The Morgan fingerprint density at radius 2 is 0.532 bits per heavy atom. The molecule has 0 heterocycles. The standard InChI is InChI=1S/C46H30O53S12/c47-12-7-17(22(51)26(55)38(12)100(64,65)66)106(82,83)96-16-9-19(24(53)46(105(79,80)81)36(16)98-111(92,93)43-32(61)30(59)41(102(70,71)72)31(60)33(43)62)107(84,85)95-15-6-5-14(94-110(90,91)44-29(58)25(54)28(57)42(34(44)63)103(73,74)75)35(97-108(86,87)18-8-13(48)39(101(67,68)69)27(56)23(18)52)40(15)109(88,89)99-37-20(49)10-3-1-2-4-11(10)21(50)45(37)104(76,77)78/h1-9,47-48,51-63H,(H,64,65,66)(H,67,68,69)(H,70,71,72)(H,73,74,75)(H,76,77,78)(H,79,80,81). The summed E-state index contributed by atoms with van der Waals surface area (Å²) in [4.78, 5) is -4.27. The van der Waals surface area contributed by atoms with Crippen LogP contribution in [0.5, 0.6) is 115 Å². The maximum absolute atomic E-state index is 15.3. The Bertz CT molecular complexity index is 6930. The molecule has 7 aromatic rings. The van der Waals surface area contributed by atoms with Crippen LogP contribution in [0.1, 0.15) is 20.7 Å². The van der Waals surface area contributed by atoms with Crippen LogP contribution >= 0.6 is 0 Å². The number of Topliss-reactive ketones (excluding diaryl/α,β-unsaturated/α-hetero) is 2. The molecule has 0 amide bonds. The Hall–Kier alpha value is -11.4. The number of benzene rings is 7. The quantitative estimate of drug-likeness (QED) is 0.0126. The molecule has 53 nitrogen and oxygen atoms in total. The Balaban J connectivity index is 1.57. The van der Waals surface area contributed by atoms with Crippen molar-refractivity contribution in [3.63, 3.8) is 0 Å². The van der Waals surface area contributed by atoms with Crippen LogP contribution < -0.4 is 20.9 Å². The number of hydrogen-bond acceptors (Lipinski definition) is 47. The number of allylic oxidation sites excluding steroid dienone is 2. The van der Waals surface area contributed by atoms with Crippen LogP contribution in [0, 0.1) is 0 Å². The van der Waals surface area contributed by atoms with Gasteiger partial charge in [-0.15, -0.1) is 0 Å². The Morgan fingerprint density at radius 1 is 0.234 bits per heavy atom. The molecule has 8 rings (SSSR count). The normalized spacial score (nSPS) is 13.8. The van der Waals surface area contributed by atoms with E-state index in [4.69, 9.17) is 0 Å². The summed E-state index contributed by atoms with van der Waals surface area (Å²) in [6.07, 6.45) is 0. The number of rotatable bonds is 24. The summed E-state index contributed by atoms with van der Waals surface area (Å²) >= 11 is 0. The first-order valence-electron chi connectivity index (χ1n) is 26.0. The smallest absolute Gasteiger partial charge is 0.347 e. The summed E-state index contributed by atoms with van der Waals surface area (Å²) in [5.74, 6) is -60.7. The van der Waals surface area contributed by atoms with Crippen molar-refractivity contribution in [1.29, 1.82) is 0 Å². The van der Waals surface area contributed by atoms with E-state index in [2.05, 4.69) is 25.1 Å². The number of carbonyl (C=O) groups excluding carboxylic acids is 2. The van der Waals surface area contributed by atoms with Gasteiger partial charge in [0, 0.05) is 29.3 Å². The summed E-state index contributed by atoms with van der Waals surface area (Å²) in [7, 11) is -82.4. The first-order valence-corrected chi connectivity index (χ1v) is 43.1. The molecule has 0 saturated heterocycles. The van der Waals surface area contributed by atoms with Crippen LogP contribution in [-0.2, 0) is 126 Å². The molecule has 0 radical (unpaired) electrons. The molecule has 0 bridgehead atoms. The molecule has 0 atom stereocenters. The van der Waals surface area contributed by atoms with E-state index in [9.17, 15) is 198 Å². The van der Waals surface area contributed by atoms with Crippen LogP contribution in [0.3, 0.4) is 0 Å². The molecule has 21 N–H and O–H groups in total. The highest BCUT2D eigenvalue weighted by Gasteiger charge is 2.49. The topological polar surface area (TPSA) is 924 Å². The van der Waals surface area contributed by atoms with E-state index in [-0.39, 0.29) is 0 Å². The molecule has 1 aliphatic rings. The van der Waals surface area contributed by atoms with Gasteiger partial charge in [-0.3, -0.25) is 36.9 Å². The van der Waals surface area contributed by atoms with Gasteiger partial charge in [0.2, 0.25) is 34.6 Å². The molecule has 0 spiro atoms. The number of phenols is 15. The second-order valence-corrected chi connectivity index (χ2v) is 37.6. The number of carbonyl (C=O) groups is 2. The number of fused-ring (bicyclic) bond motifs is 1. The van der Waals surface area contributed by atoms with Crippen LogP contribution in [0.2, 0.25) is 0 Å². The zero-order chi connectivity index (χ0) is 85.0. The van der Waals surface area contributed by atoms with E-state index in [1.807, 2.05) is 0 Å². The minimum atomic E-state index is -7.69. The van der Waals surface area contributed by atoms with E-state index in [0.717, 1.165) is 12.1 Å². The van der Waals surface area contributed by atoms with Gasteiger partial charge >= 0.3 is 121 Å². The predicted molar refractivity (Wildman–Crippen MR) is 334 cm³/mol. The van der Waals surface area contributed by atoms with E-state index in [1.54, 1.807) is 0 Å². The molecule has 65 heteroatoms. The molecule has 111 heavy (non-hydrogen) atoms. The third-order valence-corrected chi connectivity index (χ3v) is 26.5. The third-order valence-electron chi connectivity index (χ3n) is 13.5. The highest BCUT2D eigenvalue weighted by atomic mass is 32.3. The number of hydrogen-bond donors (Lipinski definition) is 21. The summed E-state index contributed by atoms with van der Waals surface area (Å²) in [6, 6.07) is -1.01. The molecular weight excluding hydrogens is 1790 g/mol. The Kier molecular flexibility index (Phi) is 20.7. The van der Waals surface area contributed by atoms with Crippen molar-refractivity contribution < 1.29 is 240 Å². The summed E-state index contributed by atoms with van der Waals surface area (Å²) < 4.78 is 411. The van der Waals surface area contributed by atoms with Gasteiger partial charge in [0.25, 0.3) is 0 Å². The van der Waals surface area contributed by atoms with E-state index >= 15 is 16.8 Å². The monoisotopic (exact) mass is 1810 g/mol. The lowest BCUT2D eigenvalue weighted by atomic mass is 9.93. The largest absolute Gasteiger partial charge is 0.506 e. The second kappa shape index (κ2) is 27.0. The number of phenolic OH excluding ortho intramolecular Hbond substituents is 15. The van der Waals surface area contributed by atoms with E-state index < -0.39 is 354 Å². The molecule has 0 aliphatic heterocycles. The molecule has 0 aromatic heterocycles. The first kappa shape index (κ1) is 85.2. The second-order valence-electron chi connectivity index (χ2n) is 20.5. The highest BCUT2D eigenvalue weighted by molar-refractivity contribution is 7.92. The third kappa shape index (κ3) is 15.1. The van der Waals surface area contributed by atoms with Crippen molar-refractivity contribution in [3.8, 4) is 115 Å². The molecule has 0 unspecified atom stereocenters. The molecule has 7 aromatic carbocycles. The molecule has 0 fully saturated rings. The minimum absolute atomic E-state index is 0.489. The van der Waals surface area contributed by atoms with Crippen LogP contribution in [0.4, 0.5) is 0 Å². The zero-order valence-electron chi connectivity index (χ0n) is 51.1. The molecular formula is C46H30O53S12. The van der Waals surface area contributed by atoms with Crippen LogP contribution in [-0.4, -0.2) is 216 Å². The lowest BCUT2D eigenvalue weighted by Gasteiger charge is -2.22. The molecule has 0 saturated carbocycles. The van der Waals surface area contributed by atoms with Gasteiger partial charge in [-0.25, -0.2) is 0 Å². The van der Waals surface area contributed by atoms with Gasteiger partial charge in [-0.2, -0.15) is 101 Å². The van der Waals surface area contributed by atoms with Crippen molar-refractivity contribution in [2.75, 3.05) is 0 Å². The van der Waals surface area contributed by atoms with E-state index in [1.165, 1.54) is 0 Å². The maximum Gasteiger partial charge on any atom is 0.347 e. The summed E-state index contributed by atoms with van der Waals surface area (Å²) in [6.45, 7) is 0.